The van der Waals surface area contributed by atoms with Gasteiger partial charge in [-0.25, -0.2) is 0 Å². The molecular weight excluding hydrogens is 194 g/mol. The molecule has 88 valence electrons. The van der Waals surface area contributed by atoms with E-state index in [9.17, 15) is 0 Å². The number of rotatable bonds is 5. The summed E-state index contributed by atoms with van der Waals surface area (Å²) in [7, 11) is 0. The third-order valence-electron chi connectivity index (χ3n) is 3.65. The van der Waals surface area contributed by atoms with Crippen molar-refractivity contribution in [3.05, 3.63) is 35.4 Å². The van der Waals surface area contributed by atoms with Gasteiger partial charge in [0.05, 0.1) is 0 Å². The van der Waals surface area contributed by atoms with Gasteiger partial charge >= 0.3 is 0 Å². The van der Waals surface area contributed by atoms with Gasteiger partial charge in [-0.1, -0.05) is 43.7 Å². The minimum absolute atomic E-state index is 0.579. The van der Waals surface area contributed by atoms with Gasteiger partial charge in [-0.2, -0.15) is 0 Å². The Morgan fingerprint density at radius 2 is 1.94 bits per heavy atom. The van der Waals surface area contributed by atoms with Crippen molar-refractivity contribution in [3.8, 4) is 0 Å². The van der Waals surface area contributed by atoms with Crippen LogP contribution in [0.2, 0.25) is 0 Å². The van der Waals surface area contributed by atoms with Gasteiger partial charge in [0.2, 0.25) is 0 Å². The Hall–Kier alpha value is -0.820. The molecule has 1 heteroatoms. The van der Waals surface area contributed by atoms with Crippen LogP contribution in [-0.4, -0.2) is 6.54 Å². The summed E-state index contributed by atoms with van der Waals surface area (Å²) in [5.41, 5.74) is 2.82. The molecule has 0 aromatic heterocycles. The third-order valence-corrected chi connectivity index (χ3v) is 3.65. The van der Waals surface area contributed by atoms with Gasteiger partial charge in [0.15, 0.2) is 0 Å². The van der Waals surface area contributed by atoms with Gasteiger partial charge in [-0.15, -0.1) is 0 Å². The highest BCUT2D eigenvalue weighted by Crippen LogP contribution is 2.46. The smallest absolute Gasteiger partial charge is 0.0351 e. The average molecular weight is 217 g/mol. The van der Waals surface area contributed by atoms with Crippen LogP contribution >= 0.6 is 0 Å². The Morgan fingerprint density at radius 3 is 2.44 bits per heavy atom. The van der Waals surface area contributed by atoms with Crippen molar-refractivity contribution < 1.29 is 0 Å². The van der Waals surface area contributed by atoms with E-state index in [1.54, 1.807) is 0 Å². The Balaban J connectivity index is 2.08. The molecule has 0 spiro atoms. The lowest BCUT2D eigenvalue weighted by Gasteiger charge is -2.19. The molecule has 0 heterocycles. The normalized spacial score (nSPS) is 25.4. The Kier molecular flexibility index (Phi) is 3.65. The topological polar surface area (TPSA) is 12.0 Å². The van der Waals surface area contributed by atoms with Crippen LogP contribution in [0.1, 0.15) is 43.9 Å². The van der Waals surface area contributed by atoms with Crippen molar-refractivity contribution in [2.75, 3.05) is 6.54 Å². The van der Waals surface area contributed by atoms with E-state index in [2.05, 4.69) is 50.4 Å². The van der Waals surface area contributed by atoms with Crippen LogP contribution in [0.15, 0.2) is 24.3 Å². The summed E-state index contributed by atoms with van der Waals surface area (Å²) in [4.78, 5) is 0. The Morgan fingerprint density at radius 1 is 1.31 bits per heavy atom. The second-order valence-corrected chi connectivity index (χ2v) is 5.22. The number of benzene rings is 1. The molecule has 0 aliphatic heterocycles. The van der Waals surface area contributed by atoms with Crippen molar-refractivity contribution >= 4 is 0 Å². The summed E-state index contributed by atoms with van der Waals surface area (Å²) in [5.74, 6) is 1.75. The summed E-state index contributed by atoms with van der Waals surface area (Å²) in [6.45, 7) is 7.87. The first-order chi connectivity index (χ1) is 7.72. The van der Waals surface area contributed by atoms with Crippen LogP contribution in [0.5, 0.6) is 0 Å². The molecule has 1 aromatic rings. The molecule has 1 aliphatic carbocycles. The molecular formula is C15H23N. The second kappa shape index (κ2) is 5.01. The highest BCUT2D eigenvalue weighted by Gasteiger charge is 2.39. The largest absolute Gasteiger partial charge is 0.310 e. The monoisotopic (exact) mass is 217 g/mol. The van der Waals surface area contributed by atoms with Crippen molar-refractivity contribution in [1.29, 1.82) is 0 Å². The molecule has 1 saturated carbocycles. The first-order valence-corrected chi connectivity index (χ1v) is 6.52. The van der Waals surface area contributed by atoms with E-state index in [0.717, 1.165) is 18.4 Å². The standard InChI is InChI=1S/C15H23N/c1-4-9-16-15(14-10-12(14)3)13-7-5-11(2)6-8-13/h5-8,12,14-16H,4,9-10H2,1-3H3. The summed E-state index contributed by atoms with van der Waals surface area (Å²) in [6.07, 6.45) is 2.60. The van der Waals surface area contributed by atoms with Crippen LogP contribution in [0.4, 0.5) is 0 Å². The zero-order chi connectivity index (χ0) is 11.5. The zero-order valence-electron chi connectivity index (χ0n) is 10.7. The molecule has 1 aliphatic rings. The number of nitrogens with one attached hydrogen (secondary N) is 1. The molecule has 1 N–H and O–H groups in total. The molecule has 0 bridgehead atoms. The van der Waals surface area contributed by atoms with Crippen molar-refractivity contribution in [3.63, 3.8) is 0 Å². The summed E-state index contributed by atoms with van der Waals surface area (Å²) < 4.78 is 0. The molecule has 1 aromatic carbocycles. The minimum Gasteiger partial charge on any atom is -0.310 e. The molecule has 1 nitrogen and oxygen atoms in total. The SMILES string of the molecule is CCCNC(c1ccc(C)cc1)C1CC1C. The molecule has 3 unspecified atom stereocenters. The molecule has 1 fully saturated rings. The average Bonchev–Trinajstić information content (AvgIpc) is 2.99. The van der Waals surface area contributed by atoms with Crippen LogP contribution < -0.4 is 5.32 Å². The fraction of sp³-hybridized carbons (Fsp3) is 0.600. The fourth-order valence-electron chi connectivity index (χ4n) is 2.41. The first kappa shape index (κ1) is 11.7. The lowest BCUT2D eigenvalue weighted by Crippen LogP contribution is -2.24. The number of hydrogen-bond acceptors (Lipinski definition) is 1. The number of aryl methyl sites for hydroxylation is 1. The van der Waals surface area contributed by atoms with Crippen LogP contribution in [-0.2, 0) is 0 Å². The van der Waals surface area contributed by atoms with Gasteiger partial charge in [0, 0.05) is 6.04 Å². The Labute approximate surface area is 99.3 Å². The third kappa shape index (κ3) is 2.65. The summed E-state index contributed by atoms with van der Waals surface area (Å²) in [6, 6.07) is 9.60. The quantitative estimate of drug-likeness (QED) is 0.793. The predicted molar refractivity (Wildman–Crippen MR) is 69.5 cm³/mol. The lowest BCUT2D eigenvalue weighted by atomic mass is 10.00. The maximum absolute atomic E-state index is 3.70. The molecule has 3 atom stereocenters. The van der Waals surface area contributed by atoms with E-state index in [1.165, 1.54) is 24.0 Å². The lowest BCUT2D eigenvalue weighted by molar-refractivity contribution is 0.463. The van der Waals surface area contributed by atoms with Crippen LogP contribution in [0.25, 0.3) is 0 Å². The predicted octanol–water partition coefficient (Wildman–Crippen LogP) is 3.69. The number of hydrogen-bond donors (Lipinski definition) is 1. The van der Waals surface area contributed by atoms with Gasteiger partial charge in [-0.05, 0) is 43.7 Å². The maximum Gasteiger partial charge on any atom is 0.0351 e. The van der Waals surface area contributed by atoms with E-state index in [4.69, 9.17) is 0 Å². The highest BCUT2D eigenvalue weighted by molar-refractivity contribution is 5.26. The van der Waals surface area contributed by atoms with Crippen LogP contribution in [0, 0.1) is 18.8 Å². The zero-order valence-corrected chi connectivity index (χ0v) is 10.7. The molecule has 0 saturated heterocycles. The van der Waals surface area contributed by atoms with Crippen molar-refractivity contribution in [1.82, 2.24) is 5.32 Å². The highest BCUT2D eigenvalue weighted by atomic mass is 14.9. The van der Waals surface area contributed by atoms with E-state index in [0.29, 0.717) is 6.04 Å². The van der Waals surface area contributed by atoms with E-state index >= 15 is 0 Å². The second-order valence-electron chi connectivity index (χ2n) is 5.22. The van der Waals surface area contributed by atoms with Crippen molar-refractivity contribution in [2.24, 2.45) is 11.8 Å². The molecule has 0 amide bonds. The first-order valence-electron chi connectivity index (χ1n) is 6.52. The fourth-order valence-corrected chi connectivity index (χ4v) is 2.41. The summed E-state index contributed by atoms with van der Waals surface area (Å²) in [5, 5.41) is 3.70. The molecule has 0 radical (unpaired) electrons. The van der Waals surface area contributed by atoms with E-state index in [1.807, 2.05) is 0 Å². The molecule has 16 heavy (non-hydrogen) atoms. The maximum atomic E-state index is 3.70. The van der Waals surface area contributed by atoms with E-state index in [-0.39, 0.29) is 0 Å². The minimum atomic E-state index is 0.579. The van der Waals surface area contributed by atoms with Crippen LogP contribution in [0.3, 0.4) is 0 Å². The van der Waals surface area contributed by atoms with Crippen molar-refractivity contribution in [2.45, 2.75) is 39.7 Å². The van der Waals surface area contributed by atoms with Gasteiger partial charge in [0.25, 0.3) is 0 Å². The molecule has 2 rings (SSSR count). The summed E-state index contributed by atoms with van der Waals surface area (Å²) >= 11 is 0. The van der Waals surface area contributed by atoms with E-state index < -0.39 is 0 Å². The Bertz CT molecular complexity index is 328. The van der Waals surface area contributed by atoms with Gasteiger partial charge < -0.3 is 5.32 Å². The van der Waals surface area contributed by atoms with Gasteiger partial charge in [0.1, 0.15) is 0 Å². The van der Waals surface area contributed by atoms with Gasteiger partial charge in [-0.3, -0.25) is 0 Å².